The number of morpholine rings is 1. The van der Waals surface area contributed by atoms with E-state index in [-0.39, 0.29) is 24.0 Å². The molecule has 0 unspecified atom stereocenters. The van der Waals surface area contributed by atoms with Gasteiger partial charge in [-0.15, -0.1) is 24.0 Å². The van der Waals surface area contributed by atoms with Crippen molar-refractivity contribution in [1.82, 2.24) is 15.5 Å². The SMILES string of the molecule is CCOc1cc(C)ccc1CNC(=NC)NCc1cccc(CN2CCOCC2)c1.I. The molecule has 3 rings (SSSR count). The lowest BCUT2D eigenvalue weighted by Gasteiger charge is -2.26. The van der Waals surface area contributed by atoms with Gasteiger partial charge in [0.05, 0.1) is 19.8 Å². The summed E-state index contributed by atoms with van der Waals surface area (Å²) < 4.78 is 11.2. The van der Waals surface area contributed by atoms with Crippen LogP contribution < -0.4 is 15.4 Å². The lowest BCUT2D eigenvalue weighted by Crippen LogP contribution is -2.36. The van der Waals surface area contributed by atoms with Gasteiger partial charge < -0.3 is 20.1 Å². The van der Waals surface area contributed by atoms with Crippen LogP contribution in [0.15, 0.2) is 47.5 Å². The van der Waals surface area contributed by atoms with Gasteiger partial charge in [-0.3, -0.25) is 9.89 Å². The number of guanidine groups is 1. The minimum Gasteiger partial charge on any atom is -0.494 e. The molecule has 0 aromatic heterocycles. The molecule has 0 spiro atoms. The molecule has 1 heterocycles. The lowest BCUT2D eigenvalue weighted by atomic mass is 10.1. The second-order valence-corrected chi connectivity index (χ2v) is 7.53. The number of aryl methyl sites for hydroxylation is 1. The van der Waals surface area contributed by atoms with Crippen molar-refractivity contribution < 1.29 is 9.47 Å². The maximum Gasteiger partial charge on any atom is 0.191 e. The highest BCUT2D eigenvalue weighted by Gasteiger charge is 2.11. The van der Waals surface area contributed by atoms with E-state index in [1.165, 1.54) is 16.7 Å². The summed E-state index contributed by atoms with van der Waals surface area (Å²) in [7, 11) is 1.79. The quantitative estimate of drug-likeness (QED) is 0.305. The third-order valence-electron chi connectivity index (χ3n) is 5.15. The third-order valence-corrected chi connectivity index (χ3v) is 5.15. The zero-order chi connectivity index (χ0) is 21.2. The summed E-state index contributed by atoms with van der Waals surface area (Å²) in [5, 5.41) is 6.81. The topological polar surface area (TPSA) is 58.1 Å². The predicted octanol–water partition coefficient (Wildman–Crippen LogP) is 3.71. The number of nitrogens with zero attached hydrogens (tertiary/aromatic N) is 2. The molecule has 7 heteroatoms. The molecule has 0 atom stereocenters. The van der Waals surface area contributed by atoms with Crippen LogP contribution in [0.4, 0.5) is 0 Å². The van der Waals surface area contributed by atoms with Crippen LogP contribution in [0.3, 0.4) is 0 Å². The number of halogens is 1. The van der Waals surface area contributed by atoms with Crippen molar-refractivity contribution in [3.05, 3.63) is 64.7 Å². The number of rotatable bonds is 8. The van der Waals surface area contributed by atoms with Crippen molar-refractivity contribution in [2.24, 2.45) is 4.99 Å². The Bertz CT molecular complexity index is 838. The molecule has 31 heavy (non-hydrogen) atoms. The van der Waals surface area contributed by atoms with Crippen LogP contribution in [0.1, 0.15) is 29.2 Å². The van der Waals surface area contributed by atoms with E-state index in [0.29, 0.717) is 13.2 Å². The molecule has 1 aliphatic heterocycles. The minimum atomic E-state index is 0. The van der Waals surface area contributed by atoms with Crippen LogP contribution >= 0.6 is 24.0 Å². The van der Waals surface area contributed by atoms with E-state index in [0.717, 1.165) is 56.7 Å². The van der Waals surface area contributed by atoms with Gasteiger partial charge in [0.15, 0.2) is 5.96 Å². The molecule has 6 nitrogen and oxygen atoms in total. The highest BCUT2D eigenvalue weighted by atomic mass is 127. The van der Waals surface area contributed by atoms with E-state index in [4.69, 9.17) is 9.47 Å². The first-order valence-electron chi connectivity index (χ1n) is 10.7. The summed E-state index contributed by atoms with van der Waals surface area (Å²) in [5.41, 5.74) is 4.90. The highest BCUT2D eigenvalue weighted by Crippen LogP contribution is 2.20. The zero-order valence-electron chi connectivity index (χ0n) is 18.8. The van der Waals surface area contributed by atoms with Gasteiger partial charge in [-0.1, -0.05) is 36.4 Å². The fourth-order valence-electron chi connectivity index (χ4n) is 3.54. The Morgan fingerprint density at radius 1 is 1.06 bits per heavy atom. The Labute approximate surface area is 203 Å². The van der Waals surface area contributed by atoms with Crippen molar-refractivity contribution in [2.75, 3.05) is 40.0 Å². The first-order chi connectivity index (χ1) is 14.7. The van der Waals surface area contributed by atoms with Gasteiger partial charge in [0.25, 0.3) is 0 Å². The summed E-state index contributed by atoms with van der Waals surface area (Å²) in [6, 6.07) is 15.0. The maximum absolute atomic E-state index is 5.78. The van der Waals surface area contributed by atoms with Gasteiger partial charge in [0.2, 0.25) is 0 Å². The summed E-state index contributed by atoms with van der Waals surface area (Å²) in [6.45, 7) is 10.8. The van der Waals surface area contributed by atoms with Gasteiger partial charge in [-0.05, 0) is 36.6 Å². The highest BCUT2D eigenvalue weighted by molar-refractivity contribution is 14.0. The van der Waals surface area contributed by atoms with Crippen molar-refractivity contribution in [3.8, 4) is 5.75 Å². The second-order valence-electron chi connectivity index (χ2n) is 7.53. The Kier molecular flexibility index (Phi) is 11.1. The molecule has 0 aliphatic carbocycles. The van der Waals surface area contributed by atoms with E-state index >= 15 is 0 Å². The number of aliphatic imine (C=N–C) groups is 1. The molecule has 1 aliphatic rings. The Balaban J connectivity index is 0.00000341. The lowest BCUT2D eigenvalue weighted by molar-refractivity contribution is 0.0342. The smallest absolute Gasteiger partial charge is 0.191 e. The van der Waals surface area contributed by atoms with E-state index in [1.807, 2.05) is 6.92 Å². The second kappa shape index (κ2) is 13.5. The van der Waals surface area contributed by atoms with Gasteiger partial charge in [-0.25, -0.2) is 0 Å². The van der Waals surface area contributed by atoms with E-state index in [1.54, 1.807) is 7.05 Å². The van der Waals surface area contributed by atoms with Crippen molar-refractivity contribution in [1.29, 1.82) is 0 Å². The number of benzene rings is 2. The largest absolute Gasteiger partial charge is 0.494 e. The van der Waals surface area contributed by atoms with Crippen molar-refractivity contribution >= 4 is 29.9 Å². The van der Waals surface area contributed by atoms with Gasteiger partial charge >= 0.3 is 0 Å². The summed E-state index contributed by atoms with van der Waals surface area (Å²) >= 11 is 0. The first kappa shape index (κ1) is 25.4. The molecule has 170 valence electrons. The molecule has 0 saturated carbocycles. The average molecular weight is 538 g/mol. The first-order valence-corrected chi connectivity index (χ1v) is 10.7. The predicted molar refractivity (Wildman–Crippen MR) is 137 cm³/mol. The normalized spacial score (nSPS) is 14.6. The van der Waals surface area contributed by atoms with Crippen LogP contribution in [0.25, 0.3) is 0 Å². The van der Waals surface area contributed by atoms with E-state index in [9.17, 15) is 0 Å². The van der Waals surface area contributed by atoms with Crippen molar-refractivity contribution in [2.45, 2.75) is 33.5 Å². The average Bonchev–Trinajstić information content (AvgIpc) is 2.76. The number of hydrogen-bond donors (Lipinski definition) is 2. The molecule has 1 saturated heterocycles. The van der Waals surface area contributed by atoms with Crippen LogP contribution in [0.2, 0.25) is 0 Å². The summed E-state index contributed by atoms with van der Waals surface area (Å²) in [5.74, 6) is 1.70. The Hall–Kier alpha value is -1.84. The monoisotopic (exact) mass is 538 g/mol. The van der Waals surface area contributed by atoms with E-state index in [2.05, 4.69) is 69.9 Å². The molecule has 2 aromatic rings. The number of nitrogens with one attached hydrogen (secondary N) is 2. The molecule has 0 radical (unpaired) electrons. The summed E-state index contributed by atoms with van der Waals surface area (Å²) in [6.07, 6.45) is 0. The van der Waals surface area contributed by atoms with Crippen LogP contribution in [0, 0.1) is 6.92 Å². The Morgan fingerprint density at radius 2 is 1.81 bits per heavy atom. The molecular formula is C24H35IN4O2. The van der Waals surface area contributed by atoms with Crippen LogP contribution in [0.5, 0.6) is 5.75 Å². The Morgan fingerprint density at radius 3 is 2.55 bits per heavy atom. The van der Waals surface area contributed by atoms with Crippen LogP contribution in [-0.2, 0) is 24.4 Å². The van der Waals surface area contributed by atoms with Gasteiger partial charge in [-0.2, -0.15) is 0 Å². The fourth-order valence-corrected chi connectivity index (χ4v) is 3.54. The molecular weight excluding hydrogens is 503 g/mol. The van der Waals surface area contributed by atoms with Crippen LogP contribution in [-0.4, -0.2) is 50.8 Å². The third kappa shape index (κ3) is 8.31. The molecule has 0 bridgehead atoms. The maximum atomic E-state index is 5.78. The number of hydrogen-bond acceptors (Lipinski definition) is 4. The molecule has 0 amide bonds. The van der Waals surface area contributed by atoms with E-state index < -0.39 is 0 Å². The molecule has 2 aromatic carbocycles. The summed E-state index contributed by atoms with van der Waals surface area (Å²) in [4.78, 5) is 6.80. The molecule has 2 N–H and O–H groups in total. The number of ether oxygens (including phenoxy) is 2. The zero-order valence-corrected chi connectivity index (χ0v) is 21.1. The molecule has 1 fully saturated rings. The van der Waals surface area contributed by atoms with Crippen molar-refractivity contribution in [3.63, 3.8) is 0 Å². The fraction of sp³-hybridized carbons (Fsp3) is 0.458. The minimum absolute atomic E-state index is 0. The van der Waals surface area contributed by atoms with Gasteiger partial charge in [0.1, 0.15) is 5.75 Å². The van der Waals surface area contributed by atoms with Gasteiger partial charge in [0, 0.05) is 45.3 Å². The standard InChI is InChI=1S/C24H34N4O2.HI/c1-4-30-23-14-19(2)8-9-22(23)17-27-24(25-3)26-16-20-6-5-7-21(15-20)18-28-10-12-29-13-11-28;/h5-9,14-15H,4,10-13,16-18H2,1-3H3,(H2,25,26,27);1H.